The van der Waals surface area contributed by atoms with E-state index in [-0.39, 0.29) is 63.4 Å². The molecule has 5 aromatic rings. The zero-order valence-electron chi connectivity index (χ0n) is 28.9. The Kier molecular flexibility index (Phi) is 13.5. The van der Waals surface area contributed by atoms with Gasteiger partial charge in [-0.3, -0.25) is 4.79 Å². The number of fused-ring (bicyclic) bond motifs is 5. The second kappa shape index (κ2) is 16.5. The molecular weight excluding hydrogens is 812 g/mol. The van der Waals surface area contributed by atoms with E-state index in [1.165, 1.54) is 41.9 Å². The molecule has 0 fully saturated rings. The molecule has 3 aromatic carbocycles. The summed E-state index contributed by atoms with van der Waals surface area (Å²) < 4.78 is 2.72. The number of benzene rings is 3. The number of carbonyl (C=O) groups excluding carboxylic acids is 1. The average molecular weight is 861 g/mol. The van der Waals surface area contributed by atoms with Crippen LogP contribution in [0.3, 0.4) is 0 Å². The van der Waals surface area contributed by atoms with Gasteiger partial charge < -0.3 is 5.11 Å². The van der Waals surface area contributed by atoms with Gasteiger partial charge in [-0.15, -0.1) is 0 Å². The number of allylic oxidation sites excluding steroid dienone is 2. The van der Waals surface area contributed by atoms with Crippen LogP contribution in [0.15, 0.2) is 60.6 Å². The minimum Gasteiger partial charge on any atom is 0 e. The third-order valence-electron chi connectivity index (χ3n) is 8.52. The summed E-state index contributed by atoms with van der Waals surface area (Å²) in [7, 11) is 0. The number of rotatable bonds is 9. The topological polar surface area (TPSA) is 63.1 Å². The molecule has 0 bridgehead atoms. The normalized spacial score (nSPS) is 12.1. The summed E-state index contributed by atoms with van der Waals surface area (Å²) in [5, 5.41) is 13.7. The molecule has 0 unspecified atom stereocenters. The van der Waals surface area contributed by atoms with Gasteiger partial charge in [-0.25, -0.2) is 0 Å². The summed E-state index contributed by atoms with van der Waals surface area (Å²) in [5.74, 6) is 0.547. The van der Waals surface area contributed by atoms with E-state index >= 15 is 0 Å². The minimum absolute atomic E-state index is 0. The van der Waals surface area contributed by atoms with Gasteiger partial charge in [0.15, 0.2) is 5.78 Å². The van der Waals surface area contributed by atoms with Crippen LogP contribution in [-0.2, 0) is 31.3 Å². The molecule has 0 aliphatic rings. The van der Waals surface area contributed by atoms with Crippen LogP contribution in [0.2, 0.25) is 0 Å². The molecule has 0 atom stereocenters. The van der Waals surface area contributed by atoms with Gasteiger partial charge in [-0.2, -0.15) is 0 Å². The van der Waals surface area contributed by atoms with Crippen LogP contribution >= 0.6 is 0 Å². The number of aliphatic hydroxyl groups excluding tert-OH is 1. The molecule has 6 heteroatoms. The maximum atomic E-state index is 11.7. The molecule has 46 heavy (non-hydrogen) atoms. The number of nitrogens with zero attached hydrogens (tertiary/aromatic N) is 2. The maximum absolute atomic E-state index is 11.7. The van der Waals surface area contributed by atoms with Gasteiger partial charge in [-0.1, -0.05) is 27.7 Å². The number of aryl methyl sites for hydroxylation is 2. The maximum Gasteiger partial charge on any atom is 0 e. The van der Waals surface area contributed by atoms with Crippen molar-refractivity contribution in [1.82, 2.24) is 9.97 Å². The Morgan fingerprint density at radius 3 is 2.15 bits per heavy atom. The smallest absolute Gasteiger partial charge is 0 e. The molecule has 0 spiro atoms. The van der Waals surface area contributed by atoms with Crippen molar-refractivity contribution in [2.75, 3.05) is 0 Å². The first-order valence-electron chi connectivity index (χ1n) is 16.4. The first kappa shape index (κ1) is 37.8. The Morgan fingerprint density at radius 1 is 0.891 bits per heavy atom. The molecule has 247 valence electrons. The van der Waals surface area contributed by atoms with E-state index in [0.29, 0.717) is 0 Å². The summed E-state index contributed by atoms with van der Waals surface area (Å²) in [6.45, 7) is 19.2. The fourth-order valence-electron chi connectivity index (χ4n) is 6.13. The molecule has 0 saturated carbocycles. The molecule has 0 aliphatic carbocycles. The predicted octanol–water partition coefficient (Wildman–Crippen LogP) is 10.5. The van der Waals surface area contributed by atoms with Crippen molar-refractivity contribution in [2.24, 2.45) is 17.3 Å². The Bertz CT molecular complexity index is 1800. The van der Waals surface area contributed by atoms with Crippen molar-refractivity contribution in [3.8, 4) is 11.3 Å². The molecule has 2 aromatic heterocycles. The standard InChI is InChI=1S/C27H25N2Se.C13H24O2.Ir/c1-16-10-17(2)12-20(11-16)23-26-24(29-15-28-23)22-9-7-19-13-18(14-27(3,4)5)6-8-21(19)25(22)30-26;1-5-10(6-2)12(14)9-13(15)11(7-3)8-4;/h6-11,13,15H,14H2,1-5H3;9-11,14H,5-8H2,1-4H3;/q-1;;/b;12-9-;. The van der Waals surface area contributed by atoms with Crippen LogP contribution in [-0.4, -0.2) is 35.4 Å². The second-order valence-electron chi connectivity index (χ2n) is 13.5. The Labute approximate surface area is 295 Å². The Balaban J connectivity index is 0.000000309. The van der Waals surface area contributed by atoms with Crippen LogP contribution in [0.5, 0.6) is 0 Å². The molecule has 5 rings (SSSR count). The number of ketones is 1. The zero-order chi connectivity index (χ0) is 32.9. The molecule has 0 saturated heterocycles. The molecule has 4 nitrogen and oxygen atoms in total. The summed E-state index contributed by atoms with van der Waals surface area (Å²) in [6, 6.07) is 19.4. The first-order valence-corrected chi connectivity index (χ1v) is 18.1. The molecular formula is C40H49IrN2O2Se-. The average Bonchev–Trinajstić information content (AvgIpc) is 3.36. The predicted molar refractivity (Wildman–Crippen MR) is 192 cm³/mol. The third kappa shape index (κ3) is 9.04. The molecule has 2 heterocycles. The van der Waals surface area contributed by atoms with E-state index in [1.807, 2.05) is 27.7 Å². The van der Waals surface area contributed by atoms with Gasteiger partial charge in [-0.05, 0) is 25.7 Å². The van der Waals surface area contributed by atoms with Crippen molar-refractivity contribution >= 4 is 50.5 Å². The van der Waals surface area contributed by atoms with Crippen LogP contribution in [0.25, 0.3) is 41.5 Å². The van der Waals surface area contributed by atoms with E-state index in [1.54, 1.807) is 6.33 Å². The number of hydrogen-bond acceptors (Lipinski definition) is 4. The van der Waals surface area contributed by atoms with Gasteiger partial charge >= 0.3 is 184 Å². The van der Waals surface area contributed by atoms with Crippen LogP contribution in [0.1, 0.15) is 90.8 Å². The van der Waals surface area contributed by atoms with Crippen LogP contribution in [0, 0.1) is 37.2 Å². The van der Waals surface area contributed by atoms with Crippen molar-refractivity contribution < 1.29 is 30.0 Å². The van der Waals surface area contributed by atoms with Crippen molar-refractivity contribution in [3.05, 3.63) is 83.4 Å². The first-order chi connectivity index (χ1) is 21.4. The summed E-state index contributed by atoms with van der Waals surface area (Å²) in [5.41, 5.74) is 7.31. The van der Waals surface area contributed by atoms with Gasteiger partial charge in [0.25, 0.3) is 0 Å². The minimum atomic E-state index is 0. The quantitative estimate of drug-likeness (QED) is 0.0694. The van der Waals surface area contributed by atoms with Crippen molar-refractivity contribution in [3.63, 3.8) is 0 Å². The van der Waals surface area contributed by atoms with Crippen LogP contribution in [0.4, 0.5) is 0 Å². The SMILES string of the molecule is CCC(CC)C(=O)/C=C(\O)C(CC)CC.Cc1[c-]c(-c2ncnc3c2[se]c2c4ccc(CC(C)(C)C)cc4ccc32)cc(C)c1.[Ir]. The third-order valence-corrected chi connectivity index (χ3v) is 11.1. The zero-order valence-corrected chi connectivity index (χ0v) is 33.0. The summed E-state index contributed by atoms with van der Waals surface area (Å²) in [6.07, 6.45) is 7.70. The van der Waals surface area contributed by atoms with Gasteiger partial charge in [0, 0.05) is 38.0 Å². The van der Waals surface area contributed by atoms with Gasteiger partial charge in [0.1, 0.15) is 0 Å². The number of hydrogen-bond donors (Lipinski definition) is 1. The fraction of sp³-hybridized carbons (Fsp3) is 0.425. The monoisotopic (exact) mass is 862 g/mol. The van der Waals surface area contributed by atoms with Crippen LogP contribution < -0.4 is 0 Å². The Morgan fingerprint density at radius 2 is 1.54 bits per heavy atom. The molecule has 0 amide bonds. The van der Waals surface area contributed by atoms with E-state index in [4.69, 9.17) is 9.97 Å². The fourth-order valence-corrected chi connectivity index (χ4v) is 8.84. The summed E-state index contributed by atoms with van der Waals surface area (Å²) >= 11 is 0.178. The van der Waals surface area contributed by atoms with Crippen molar-refractivity contribution in [1.29, 1.82) is 0 Å². The van der Waals surface area contributed by atoms with E-state index in [0.717, 1.165) is 54.4 Å². The molecule has 1 radical (unpaired) electrons. The van der Waals surface area contributed by atoms with Gasteiger partial charge in [0.2, 0.25) is 0 Å². The molecule has 0 aliphatic heterocycles. The Hall–Kier alpha value is -2.62. The van der Waals surface area contributed by atoms with E-state index < -0.39 is 0 Å². The second-order valence-corrected chi connectivity index (χ2v) is 15.6. The number of aliphatic hydroxyl groups is 1. The van der Waals surface area contributed by atoms with Crippen molar-refractivity contribution in [2.45, 2.75) is 94.4 Å². The largest absolute Gasteiger partial charge is 0 e. The number of aromatic nitrogens is 2. The molecule has 1 N–H and O–H groups in total. The van der Waals surface area contributed by atoms with E-state index in [2.05, 4.69) is 83.1 Å². The van der Waals surface area contributed by atoms with E-state index in [9.17, 15) is 9.90 Å². The number of carbonyl (C=O) groups is 1. The summed E-state index contributed by atoms with van der Waals surface area (Å²) in [4.78, 5) is 21.1. The van der Waals surface area contributed by atoms with Gasteiger partial charge in [0.05, 0.1) is 5.76 Å².